The number of ether oxygens (including phenoxy) is 1. The van der Waals surface area contributed by atoms with Crippen molar-refractivity contribution in [3.05, 3.63) is 28.2 Å². The van der Waals surface area contributed by atoms with Crippen LogP contribution in [0.15, 0.2) is 22.7 Å². The molecule has 100 valence electrons. The van der Waals surface area contributed by atoms with Gasteiger partial charge in [-0.2, -0.15) is 0 Å². The number of halogens is 1. The molecule has 0 unspecified atom stereocenters. The van der Waals surface area contributed by atoms with E-state index in [1.807, 2.05) is 0 Å². The molecule has 0 amide bonds. The number of hydrogen-bond acceptors (Lipinski definition) is 4. The average molecular weight is 338 g/mol. The molecule has 0 saturated heterocycles. The number of hydrogen-bond donors (Lipinski definition) is 2. The van der Waals surface area contributed by atoms with Crippen LogP contribution in [0.2, 0.25) is 0 Å². The normalized spacial score (nSPS) is 11.2. The van der Waals surface area contributed by atoms with Crippen molar-refractivity contribution in [3.63, 3.8) is 0 Å². The van der Waals surface area contributed by atoms with Gasteiger partial charge in [0, 0.05) is 11.6 Å². The van der Waals surface area contributed by atoms with E-state index in [2.05, 4.69) is 25.4 Å². The summed E-state index contributed by atoms with van der Waals surface area (Å²) >= 11 is 3.15. The lowest BCUT2D eigenvalue weighted by atomic mass is 10.2. The Morgan fingerprint density at radius 1 is 1.50 bits per heavy atom. The van der Waals surface area contributed by atoms with Crippen LogP contribution >= 0.6 is 15.9 Å². The molecule has 0 aliphatic rings. The standard InChI is InChI=1S/C10H12BrNO5S/c1-17-4-5-18(15,16)12-9-6-7(10(13)14)2-3-8(9)11/h2-3,6,12H,4-5H2,1H3,(H,13,14). The van der Waals surface area contributed by atoms with E-state index in [9.17, 15) is 13.2 Å². The summed E-state index contributed by atoms with van der Waals surface area (Å²) in [5.74, 6) is -1.33. The maximum atomic E-state index is 11.6. The highest BCUT2D eigenvalue weighted by atomic mass is 79.9. The van der Waals surface area contributed by atoms with Crippen LogP contribution in [-0.2, 0) is 14.8 Å². The van der Waals surface area contributed by atoms with E-state index in [0.29, 0.717) is 4.47 Å². The Balaban J connectivity index is 2.96. The van der Waals surface area contributed by atoms with Gasteiger partial charge in [0.2, 0.25) is 10.0 Å². The summed E-state index contributed by atoms with van der Waals surface area (Å²) in [6.45, 7) is 0.0611. The molecule has 18 heavy (non-hydrogen) atoms. The molecule has 8 heteroatoms. The molecule has 0 radical (unpaired) electrons. The molecule has 6 nitrogen and oxygen atoms in total. The summed E-state index contributed by atoms with van der Waals surface area (Å²) in [5, 5.41) is 8.83. The molecule has 1 aromatic carbocycles. The van der Waals surface area contributed by atoms with Crippen LogP contribution in [0.4, 0.5) is 5.69 Å². The van der Waals surface area contributed by atoms with E-state index in [0.717, 1.165) is 0 Å². The molecule has 0 saturated carbocycles. The Labute approximate surface area is 113 Å². The van der Waals surface area contributed by atoms with Gasteiger partial charge in [-0.3, -0.25) is 4.72 Å². The van der Waals surface area contributed by atoms with Crippen LogP contribution < -0.4 is 4.72 Å². The third-order valence-corrected chi connectivity index (χ3v) is 3.96. The van der Waals surface area contributed by atoms with Crippen LogP contribution in [0.3, 0.4) is 0 Å². The Bertz CT molecular complexity index is 543. The summed E-state index contributed by atoms with van der Waals surface area (Å²) in [7, 11) is -2.16. The van der Waals surface area contributed by atoms with Gasteiger partial charge < -0.3 is 9.84 Å². The van der Waals surface area contributed by atoms with Crippen molar-refractivity contribution in [3.8, 4) is 0 Å². The summed E-state index contributed by atoms with van der Waals surface area (Å²) in [5.41, 5.74) is 0.189. The predicted octanol–water partition coefficient (Wildman–Crippen LogP) is 1.54. The van der Waals surface area contributed by atoms with Crippen molar-refractivity contribution in [2.45, 2.75) is 0 Å². The highest BCUT2D eigenvalue weighted by Gasteiger charge is 2.14. The van der Waals surface area contributed by atoms with E-state index in [1.165, 1.54) is 25.3 Å². The third kappa shape index (κ3) is 4.28. The minimum atomic E-state index is -3.56. The molecular weight excluding hydrogens is 326 g/mol. The number of nitrogens with one attached hydrogen (secondary N) is 1. The maximum Gasteiger partial charge on any atom is 0.335 e. The first-order chi connectivity index (χ1) is 8.35. The summed E-state index contributed by atoms with van der Waals surface area (Å²) in [4.78, 5) is 10.8. The first-order valence-corrected chi connectivity index (χ1v) is 7.32. The summed E-state index contributed by atoms with van der Waals surface area (Å²) in [6.07, 6.45) is 0. The molecule has 1 aromatic rings. The number of benzene rings is 1. The van der Waals surface area contributed by atoms with E-state index < -0.39 is 16.0 Å². The van der Waals surface area contributed by atoms with E-state index in [-0.39, 0.29) is 23.6 Å². The molecule has 0 atom stereocenters. The van der Waals surface area contributed by atoms with E-state index >= 15 is 0 Å². The molecule has 1 rings (SSSR count). The second-order valence-electron chi connectivity index (χ2n) is 3.41. The zero-order valence-electron chi connectivity index (χ0n) is 9.51. The van der Waals surface area contributed by atoms with Gasteiger partial charge in [0.15, 0.2) is 0 Å². The highest BCUT2D eigenvalue weighted by molar-refractivity contribution is 9.10. The van der Waals surface area contributed by atoms with Gasteiger partial charge in [-0.25, -0.2) is 13.2 Å². The average Bonchev–Trinajstić information content (AvgIpc) is 2.29. The van der Waals surface area contributed by atoms with Crippen molar-refractivity contribution >= 4 is 37.6 Å². The minimum Gasteiger partial charge on any atom is -0.478 e. The lowest BCUT2D eigenvalue weighted by Gasteiger charge is -2.10. The number of methoxy groups -OCH3 is 1. The number of carboxylic acids is 1. The van der Waals surface area contributed by atoms with Crippen molar-refractivity contribution < 1.29 is 23.1 Å². The van der Waals surface area contributed by atoms with Crippen molar-refractivity contribution in [2.75, 3.05) is 24.2 Å². The molecule has 0 aliphatic carbocycles. The van der Waals surface area contributed by atoms with Gasteiger partial charge in [-0.05, 0) is 34.1 Å². The largest absolute Gasteiger partial charge is 0.478 e. The van der Waals surface area contributed by atoms with E-state index in [1.54, 1.807) is 0 Å². The fourth-order valence-electron chi connectivity index (χ4n) is 1.15. The Morgan fingerprint density at radius 2 is 2.17 bits per heavy atom. The number of carboxylic acid groups (broad SMARTS) is 1. The maximum absolute atomic E-state index is 11.6. The van der Waals surface area contributed by atoms with Gasteiger partial charge in [-0.15, -0.1) is 0 Å². The quantitative estimate of drug-likeness (QED) is 0.821. The molecule has 0 fully saturated rings. The van der Waals surface area contributed by atoms with Gasteiger partial charge in [0.1, 0.15) is 0 Å². The van der Waals surface area contributed by atoms with Crippen LogP contribution in [0.1, 0.15) is 10.4 Å². The molecular formula is C10H12BrNO5S. The smallest absolute Gasteiger partial charge is 0.335 e. The number of rotatable bonds is 6. The lowest BCUT2D eigenvalue weighted by molar-refractivity contribution is 0.0697. The zero-order chi connectivity index (χ0) is 13.8. The number of aromatic carboxylic acids is 1. The summed E-state index contributed by atoms with van der Waals surface area (Å²) in [6, 6.07) is 4.09. The zero-order valence-corrected chi connectivity index (χ0v) is 11.9. The fraction of sp³-hybridized carbons (Fsp3) is 0.300. The van der Waals surface area contributed by atoms with Crippen LogP contribution in [-0.4, -0.2) is 39.0 Å². The van der Waals surface area contributed by atoms with Crippen LogP contribution in [0.25, 0.3) is 0 Å². The van der Waals surface area contributed by atoms with Gasteiger partial charge >= 0.3 is 5.97 Å². The number of anilines is 1. The topological polar surface area (TPSA) is 92.7 Å². The minimum absolute atomic E-state index is 0.00245. The monoisotopic (exact) mass is 337 g/mol. The molecule has 2 N–H and O–H groups in total. The molecule has 0 heterocycles. The lowest BCUT2D eigenvalue weighted by Crippen LogP contribution is -2.20. The predicted molar refractivity (Wildman–Crippen MR) is 70.4 cm³/mol. The fourth-order valence-corrected chi connectivity index (χ4v) is 2.62. The third-order valence-electron chi connectivity index (χ3n) is 2.03. The Morgan fingerprint density at radius 3 is 2.72 bits per heavy atom. The number of carbonyl (C=O) groups is 1. The molecule has 0 spiro atoms. The SMILES string of the molecule is COCCS(=O)(=O)Nc1cc(C(=O)O)ccc1Br. The van der Waals surface area contributed by atoms with E-state index in [4.69, 9.17) is 5.11 Å². The first-order valence-electron chi connectivity index (χ1n) is 4.88. The second kappa shape index (κ2) is 6.17. The highest BCUT2D eigenvalue weighted by Crippen LogP contribution is 2.24. The van der Waals surface area contributed by atoms with Crippen molar-refractivity contribution in [2.24, 2.45) is 0 Å². The van der Waals surface area contributed by atoms with Gasteiger partial charge in [0.25, 0.3) is 0 Å². The summed E-state index contributed by atoms with van der Waals surface area (Å²) < 4.78 is 30.7. The van der Waals surface area contributed by atoms with Gasteiger partial charge in [0.05, 0.1) is 23.6 Å². The second-order valence-corrected chi connectivity index (χ2v) is 6.11. The van der Waals surface area contributed by atoms with Crippen LogP contribution in [0, 0.1) is 0 Å². The first kappa shape index (κ1) is 14.9. The number of sulfonamides is 1. The van der Waals surface area contributed by atoms with Crippen LogP contribution in [0.5, 0.6) is 0 Å². The molecule has 0 aliphatic heterocycles. The Hall–Kier alpha value is -1.12. The molecule has 0 aromatic heterocycles. The Kier molecular flexibility index (Phi) is 5.12. The van der Waals surface area contributed by atoms with Crippen molar-refractivity contribution in [1.29, 1.82) is 0 Å². The molecule has 0 bridgehead atoms. The van der Waals surface area contributed by atoms with Gasteiger partial charge in [-0.1, -0.05) is 0 Å². The van der Waals surface area contributed by atoms with Crippen molar-refractivity contribution in [1.82, 2.24) is 0 Å².